The fourth-order valence-corrected chi connectivity index (χ4v) is 3.48. The van der Waals surface area contributed by atoms with E-state index in [0.717, 1.165) is 23.3 Å². The quantitative estimate of drug-likeness (QED) is 0.442. The number of hydrogen-bond donors (Lipinski definition) is 1. The Morgan fingerprint density at radius 1 is 0.939 bits per heavy atom. The number of imidazole rings is 1. The molecule has 1 amide bonds. The largest absolute Gasteiger partial charge is 0.493 e. The van der Waals surface area contributed by atoms with E-state index in [1.807, 2.05) is 42.5 Å². The molecule has 0 fully saturated rings. The van der Waals surface area contributed by atoms with E-state index in [4.69, 9.17) is 9.47 Å². The molecule has 0 saturated heterocycles. The van der Waals surface area contributed by atoms with Crippen molar-refractivity contribution < 1.29 is 23.0 Å². The molecule has 0 spiro atoms. The van der Waals surface area contributed by atoms with Gasteiger partial charge in [0.2, 0.25) is 0 Å². The van der Waals surface area contributed by atoms with Gasteiger partial charge in [-0.2, -0.15) is 0 Å². The number of methoxy groups -OCH3 is 2. The van der Waals surface area contributed by atoms with E-state index >= 15 is 0 Å². The molecule has 4 aromatic rings. The van der Waals surface area contributed by atoms with E-state index in [0.29, 0.717) is 17.2 Å². The number of halogens is 2. The lowest BCUT2D eigenvalue weighted by molar-refractivity contribution is 0.0943. The van der Waals surface area contributed by atoms with E-state index in [2.05, 4.69) is 10.3 Å². The molecule has 0 radical (unpaired) electrons. The van der Waals surface area contributed by atoms with Gasteiger partial charge in [0.05, 0.1) is 26.7 Å². The number of benzene rings is 3. The third-order valence-electron chi connectivity index (χ3n) is 5.20. The molecule has 8 heteroatoms. The smallest absolute Gasteiger partial charge is 0.270 e. The maximum absolute atomic E-state index is 13.9. The van der Waals surface area contributed by atoms with Crippen molar-refractivity contribution in [1.82, 2.24) is 14.9 Å². The Kier molecular flexibility index (Phi) is 6.35. The molecule has 4 rings (SSSR count). The van der Waals surface area contributed by atoms with Crippen molar-refractivity contribution in [2.45, 2.75) is 6.54 Å². The predicted octanol–water partition coefficient (Wildman–Crippen LogP) is 4.76. The van der Waals surface area contributed by atoms with Crippen LogP contribution < -0.4 is 14.8 Å². The number of aromatic nitrogens is 2. The lowest BCUT2D eigenvalue weighted by atomic mass is 10.0. The molecule has 0 aliphatic rings. The van der Waals surface area contributed by atoms with Gasteiger partial charge in [-0.1, -0.05) is 24.3 Å². The van der Waals surface area contributed by atoms with Gasteiger partial charge in [0.25, 0.3) is 5.91 Å². The van der Waals surface area contributed by atoms with Crippen molar-refractivity contribution in [3.8, 4) is 28.3 Å². The number of nitrogens with one attached hydrogen (secondary N) is 1. The van der Waals surface area contributed by atoms with Crippen LogP contribution in [-0.4, -0.2) is 29.7 Å². The number of hydrogen-bond acceptors (Lipinski definition) is 4. The first kappa shape index (κ1) is 22.0. The van der Waals surface area contributed by atoms with E-state index in [9.17, 15) is 13.6 Å². The Morgan fingerprint density at radius 2 is 1.64 bits per heavy atom. The number of ether oxygens (including phenoxy) is 2. The topological polar surface area (TPSA) is 65.4 Å². The van der Waals surface area contributed by atoms with Crippen LogP contribution in [0.15, 0.2) is 73.2 Å². The van der Waals surface area contributed by atoms with Gasteiger partial charge < -0.3 is 14.8 Å². The van der Waals surface area contributed by atoms with Crippen molar-refractivity contribution in [3.63, 3.8) is 0 Å². The van der Waals surface area contributed by atoms with E-state index < -0.39 is 17.5 Å². The lowest BCUT2D eigenvalue weighted by Crippen LogP contribution is -2.26. The molecule has 0 saturated carbocycles. The standard InChI is InChI=1S/C25H21F2N3O3/c1-32-23-10-9-17(12-24(23)33-2)16-5-3-6-18(11-16)30-15-28-14-22(30)25(31)29-13-19-20(26)7-4-8-21(19)27/h3-12,14-15H,13H2,1-2H3,(H,29,31). The highest BCUT2D eigenvalue weighted by molar-refractivity contribution is 5.93. The fourth-order valence-electron chi connectivity index (χ4n) is 3.48. The Hall–Kier alpha value is -4.20. The second kappa shape index (κ2) is 9.52. The zero-order valence-electron chi connectivity index (χ0n) is 18.0. The normalized spacial score (nSPS) is 10.7. The molecule has 1 heterocycles. The highest BCUT2D eigenvalue weighted by Gasteiger charge is 2.16. The summed E-state index contributed by atoms with van der Waals surface area (Å²) in [6.07, 6.45) is 2.91. The van der Waals surface area contributed by atoms with Gasteiger partial charge in [-0.05, 0) is 47.5 Å². The zero-order valence-corrected chi connectivity index (χ0v) is 18.0. The van der Waals surface area contributed by atoms with Gasteiger partial charge in [0, 0.05) is 17.8 Å². The first-order chi connectivity index (χ1) is 16.0. The van der Waals surface area contributed by atoms with Crippen LogP contribution >= 0.6 is 0 Å². The summed E-state index contributed by atoms with van der Waals surface area (Å²) in [4.78, 5) is 16.8. The Bertz CT molecular complexity index is 1280. The second-order valence-electron chi connectivity index (χ2n) is 7.15. The van der Waals surface area contributed by atoms with Crippen molar-refractivity contribution in [2.75, 3.05) is 14.2 Å². The van der Waals surface area contributed by atoms with Crippen LogP contribution in [0.2, 0.25) is 0 Å². The van der Waals surface area contributed by atoms with Gasteiger partial charge in [0.15, 0.2) is 11.5 Å². The molecule has 168 valence electrons. The molecular formula is C25H21F2N3O3. The number of nitrogens with zero attached hydrogens (tertiary/aromatic N) is 2. The summed E-state index contributed by atoms with van der Waals surface area (Å²) in [5, 5.41) is 2.56. The van der Waals surface area contributed by atoms with Gasteiger partial charge in [-0.3, -0.25) is 9.36 Å². The van der Waals surface area contributed by atoms with Gasteiger partial charge in [-0.25, -0.2) is 13.8 Å². The van der Waals surface area contributed by atoms with Gasteiger partial charge in [0.1, 0.15) is 17.3 Å². The third-order valence-corrected chi connectivity index (χ3v) is 5.20. The monoisotopic (exact) mass is 449 g/mol. The van der Waals surface area contributed by atoms with Crippen molar-refractivity contribution >= 4 is 5.91 Å². The molecule has 0 unspecified atom stereocenters. The van der Waals surface area contributed by atoms with Crippen LogP contribution in [0.5, 0.6) is 11.5 Å². The molecule has 33 heavy (non-hydrogen) atoms. The minimum absolute atomic E-state index is 0.202. The molecule has 0 aliphatic heterocycles. The highest BCUT2D eigenvalue weighted by Crippen LogP contribution is 2.33. The molecule has 1 N–H and O–H groups in total. The molecule has 1 aromatic heterocycles. The summed E-state index contributed by atoms with van der Waals surface area (Å²) < 4.78 is 40.0. The number of amides is 1. The predicted molar refractivity (Wildman–Crippen MR) is 120 cm³/mol. The lowest BCUT2D eigenvalue weighted by Gasteiger charge is -2.12. The molecule has 6 nitrogen and oxygen atoms in total. The minimum atomic E-state index is -0.716. The first-order valence-corrected chi connectivity index (χ1v) is 10.1. The fraction of sp³-hybridized carbons (Fsp3) is 0.120. The summed E-state index contributed by atoms with van der Waals surface area (Å²) in [6, 6.07) is 16.7. The van der Waals surface area contributed by atoms with E-state index in [1.54, 1.807) is 18.8 Å². The summed E-state index contributed by atoms with van der Waals surface area (Å²) in [6.45, 7) is -0.284. The average Bonchev–Trinajstić information content (AvgIpc) is 3.33. The molecule has 0 aliphatic carbocycles. The molecule has 0 atom stereocenters. The van der Waals surface area contributed by atoms with Crippen LogP contribution in [0.3, 0.4) is 0 Å². The minimum Gasteiger partial charge on any atom is -0.493 e. The Balaban J connectivity index is 1.59. The number of rotatable bonds is 7. The summed E-state index contributed by atoms with van der Waals surface area (Å²) in [5.74, 6) is -0.717. The zero-order chi connectivity index (χ0) is 23.4. The van der Waals surface area contributed by atoms with Gasteiger partial charge >= 0.3 is 0 Å². The molecule has 0 bridgehead atoms. The van der Waals surface area contributed by atoms with Crippen LogP contribution in [0.25, 0.3) is 16.8 Å². The van der Waals surface area contributed by atoms with Gasteiger partial charge in [-0.15, -0.1) is 0 Å². The number of carbonyl (C=O) groups excluding carboxylic acids is 1. The first-order valence-electron chi connectivity index (χ1n) is 10.1. The van der Waals surface area contributed by atoms with Crippen molar-refractivity contribution in [1.29, 1.82) is 0 Å². The van der Waals surface area contributed by atoms with E-state index in [-0.39, 0.29) is 17.8 Å². The second-order valence-corrected chi connectivity index (χ2v) is 7.15. The number of carbonyl (C=O) groups is 1. The molecule has 3 aromatic carbocycles. The third kappa shape index (κ3) is 4.55. The SMILES string of the molecule is COc1ccc(-c2cccc(-n3cncc3C(=O)NCc3c(F)cccc3F)c2)cc1OC. The summed E-state index contributed by atoms with van der Waals surface area (Å²) in [7, 11) is 3.14. The maximum atomic E-state index is 13.9. The van der Waals surface area contributed by atoms with Crippen LogP contribution in [0.1, 0.15) is 16.1 Å². The molecular weight excluding hydrogens is 428 g/mol. The average molecular weight is 449 g/mol. The van der Waals surface area contributed by atoms with E-state index in [1.165, 1.54) is 18.6 Å². The van der Waals surface area contributed by atoms with Crippen LogP contribution in [0.4, 0.5) is 8.78 Å². The summed E-state index contributed by atoms with van der Waals surface area (Å²) in [5.41, 5.74) is 2.52. The maximum Gasteiger partial charge on any atom is 0.270 e. The summed E-state index contributed by atoms with van der Waals surface area (Å²) >= 11 is 0. The Labute approximate surface area is 189 Å². The van der Waals surface area contributed by atoms with Crippen LogP contribution in [-0.2, 0) is 6.54 Å². The van der Waals surface area contributed by atoms with Crippen molar-refractivity contribution in [2.24, 2.45) is 0 Å². The Morgan fingerprint density at radius 3 is 2.36 bits per heavy atom. The van der Waals surface area contributed by atoms with Crippen LogP contribution in [0, 0.1) is 11.6 Å². The highest BCUT2D eigenvalue weighted by atomic mass is 19.1. The van der Waals surface area contributed by atoms with Crippen molar-refractivity contribution in [3.05, 3.63) is 96.1 Å².